The molecule has 1 aromatic heterocycles. The molecule has 3 nitrogen and oxygen atoms in total. The number of anilines is 1. The Morgan fingerprint density at radius 2 is 2.33 bits per heavy atom. The van der Waals surface area contributed by atoms with Crippen molar-refractivity contribution in [1.82, 2.24) is 4.98 Å². The Morgan fingerprint density at radius 1 is 1.53 bits per heavy atom. The first-order valence-corrected chi connectivity index (χ1v) is 5.46. The van der Waals surface area contributed by atoms with Crippen molar-refractivity contribution in [3.63, 3.8) is 0 Å². The largest absolute Gasteiger partial charge is 0.397 e. The topological polar surface area (TPSA) is 48.1 Å². The van der Waals surface area contributed by atoms with Crippen LogP contribution in [0.4, 0.5) is 5.69 Å². The van der Waals surface area contributed by atoms with Gasteiger partial charge in [0.1, 0.15) is 0 Å². The second-order valence-electron chi connectivity index (χ2n) is 4.76. The molecule has 1 saturated heterocycles. The Kier molecular flexibility index (Phi) is 2.65. The lowest BCUT2D eigenvalue weighted by Gasteiger charge is -2.36. The van der Waals surface area contributed by atoms with Crippen molar-refractivity contribution in [3.05, 3.63) is 24.0 Å². The van der Waals surface area contributed by atoms with Gasteiger partial charge in [-0.3, -0.25) is 4.98 Å². The first-order valence-electron chi connectivity index (χ1n) is 5.46. The standard InChI is InChI=1S/C12H18N2O/c1-12(2)6-3-4-11(15-12)9-5-7-14-8-10(9)13/h5,7-8,11H,3-4,6,13H2,1-2H3. The Labute approximate surface area is 90.7 Å². The molecule has 0 bridgehead atoms. The Morgan fingerprint density at radius 3 is 3.00 bits per heavy atom. The van der Waals surface area contributed by atoms with E-state index in [-0.39, 0.29) is 11.7 Å². The summed E-state index contributed by atoms with van der Waals surface area (Å²) < 4.78 is 6.03. The molecule has 3 heteroatoms. The molecule has 1 fully saturated rings. The van der Waals surface area contributed by atoms with Crippen molar-refractivity contribution in [3.8, 4) is 0 Å². The summed E-state index contributed by atoms with van der Waals surface area (Å²) in [6, 6.07) is 1.96. The first kappa shape index (κ1) is 10.4. The van der Waals surface area contributed by atoms with Crippen molar-refractivity contribution in [2.75, 3.05) is 5.73 Å². The van der Waals surface area contributed by atoms with Crippen molar-refractivity contribution < 1.29 is 4.74 Å². The number of rotatable bonds is 1. The molecule has 0 spiro atoms. The van der Waals surface area contributed by atoms with E-state index in [4.69, 9.17) is 10.5 Å². The molecule has 0 aromatic carbocycles. The third kappa shape index (κ3) is 2.29. The number of nitrogen functional groups attached to an aromatic ring is 1. The van der Waals surface area contributed by atoms with Gasteiger partial charge in [-0.15, -0.1) is 0 Å². The van der Waals surface area contributed by atoms with Gasteiger partial charge in [-0.05, 0) is 39.2 Å². The number of nitrogens with two attached hydrogens (primary N) is 1. The second-order valence-corrected chi connectivity index (χ2v) is 4.76. The van der Waals surface area contributed by atoms with Crippen LogP contribution in [0.5, 0.6) is 0 Å². The highest BCUT2D eigenvalue weighted by atomic mass is 16.5. The number of pyridine rings is 1. The monoisotopic (exact) mass is 206 g/mol. The van der Waals surface area contributed by atoms with Gasteiger partial charge in [0.15, 0.2) is 0 Å². The van der Waals surface area contributed by atoms with Crippen LogP contribution in [0, 0.1) is 0 Å². The zero-order chi connectivity index (χ0) is 10.9. The lowest BCUT2D eigenvalue weighted by Crippen LogP contribution is -2.31. The third-order valence-electron chi connectivity index (χ3n) is 2.94. The summed E-state index contributed by atoms with van der Waals surface area (Å²) in [7, 11) is 0. The van der Waals surface area contributed by atoms with E-state index in [1.165, 1.54) is 6.42 Å². The summed E-state index contributed by atoms with van der Waals surface area (Å²) in [5.41, 5.74) is 7.69. The second kappa shape index (κ2) is 3.81. The molecule has 1 unspecified atom stereocenters. The fourth-order valence-electron chi connectivity index (χ4n) is 2.15. The zero-order valence-electron chi connectivity index (χ0n) is 9.36. The van der Waals surface area contributed by atoms with Crippen molar-refractivity contribution in [2.45, 2.75) is 44.8 Å². The minimum Gasteiger partial charge on any atom is -0.397 e. The molecule has 0 radical (unpaired) electrons. The Balaban J connectivity index is 2.21. The number of aromatic nitrogens is 1. The maximum atomic E-state index is 6.03. The smallest absolute Gasteiger partial charge is 0.0853 e. The van der Waals surface area contributed by atoms with Gasteiger partial charge in [-0.1, -0.05) is 0 Å². The van der Waals surface area contributed by atoms with Gasteiger partial charge in [-0.25, -0.2) is 0 Å². The average Bonchev–Trinajstić information content (AvgIpc) is 2.17. The molecule has 0 saturated carbocycles. The Bertz CT molecular complexity index is 349. The highest BCUT2D eigenvalue weighted by Gasteiger charge is 2.30. The molecule has 2 N–H and O–H groups in total. The van der Waals surface area contributed by atoms with Crippen molar-refractivity contribution >= 4 is 5.69 Å². The fraction of sp³-hybridized carbons (Fsp3) is 0.583. The third-order valence-corrected chi connectivity index (χ3v) is 2.94. The Hall–Kier alpha value is -1.09. The van der Waals surface area contributed by atoms with Gasteiger partial charge in [0.25, 0.3) is 0 Å². The SMILES string of the molecule is CC1(C)CCCC(c2ccncc2N)O1. The van der Waals surface area contributed by atoms with E-state index in [1.807, 2.05) is 6.07 Å². The van der Waals surface area contributed by atoms with Crippen LogP contribution < -0.4 is 5.73 Å². The molecule has 2 heterocycles. The highest BCUT2D eigenvalue weighted by Crippen LogP contribution is 2.38. The molecule has 0 aliphatic carbocycles. The van der Waals surface area contributed by atoms with E-state index in [2.05, 4.69) is 18.8 Å². The number of nitrogens with zero attached hydrogens (tertiary/aromatic N) is 1. The van der Waals surface area contributed by atoms with Crippen molar-refractivity contribution in [1.29, 1.82) is 0 Å². The number of ether oxygens (including phenoxy) is 1. The quantitative estimate of drug-likeness (QED) is 0.768. The summed E-state index contributed by atoms with van der Waals surface area (Å²) in [5.74, 6) is 0. The van der Waals surface area contributed by atoms with Gasteiger partial charge in [0, 0.05) is 11.8 Å². The molecule has 0 amide bonds. The van der Waals surface area contributed by atoms with Crippen LogP contribution in [0.3, 0.4) is 0 Å². The molecule has 1 aromatic rings. The summed E-state index contributed by atoms with van der Waals surface area (Å²) in [4.78, 5) is 4.00. The maximum Gasteiger partial charge on any atom is 0.0853 e. The summed E-state index contributed by atoms with van der Waals surface area (Å²) >= 11 is 0. The number of hydrogen-bond acceptors (Lipinski definition) is 3. The molecule has 2 rings (SSSR count). The maximum absolute atomic E-state index is 6.03. The van der Waals surface area contributed by atoms with Crippen LogP contribution in [0.15, 0.2) is 18.5 Å². The molecule has 1 atom stereocenters. The summed E-state index contributed by atoms with van der Waals surface area (Å²) in [6.45, 7) is 4.27. The fourth-order valence-corrected chi connectivity index (χ4v) is 2.15. The van der Waals surface area contributed by atoms with Crippen molar-refractivity contribution in [2.24, 2.45) is 0 Å². The van der Waals surface area contributed by atoms with E-state index in [9.17, 15) is 0 Å². The normalized spacial score (nSPS) is 25.1. The van der Waals surface area contributed by atoms with E-state index in [1.54, 1.807) is 12.4 Å². The minimum atomic E-state index is -0.0291. The van der Waals surface area contributed by atoms with E-state index in [0.717, 1.165) is 24.1 Å². The van der Waals surface area contributed by atoms with Crippen LogP contribution >= 0.6 is 0 Å². The summed E-state index contributed by atoms with van der Waals surface area (Å²) in [5, 5.41) is 0. The molecule has 1 aliphatic rings. The van der Waals surface area contributed by atoms with Gasteiger partial charge in [-0.2, -0.15) is 0 Å². The van der Waals surface area contributed by atoms with Gasteiger partial charge in [0.05, 0.1) is 23.6 Å². The highest BCUT2D eigenvalue weighted by molar-refractivity contribution is 5.45. The van der Waals surface area contributed by atoms with Crippen LogP contribution in [0.1, 0.15) is 44.8 Å². The lowest BCUT2D eigenvalue weighted by atomic mass is 9.92. The van der Waals surface area contributed by atoms with E-state index in [0.29, 0.717) is 0 Å². The summed E-state index contributed by atoms with van der Waals surface area (Å²) in [6.07, 6.45) is 6.97. The van der Waals surface area contributed by atoms with Gasteiger partial charge < -0.3 is 10.5 Å². The molecule has 1 aliphatic heterocycles. The van der Waals surface area contributed by atoms with Gasteiger partial charge in [0.2, 0.25) is 0 Å². The van der Waals surface area contributed by atoms with Crippen LogP contribution in [-0.2, 0) is 4.74 Å². The van der Waals surface area contributed by atoms with Crippen LogP contribution in [-0.4, -0.2) is 10.6 Å². The predicted octanol–water partition coefficient (Wildman–Crippen LogP) is 2.68. The zero-order valence-corrected chi connectivity index (χ0v) is 9.36. The lowest BCUT2D eigenvalue weighted by molar-refractivity contribution is -0.108. The molecule has 82 valence electrons. The van der Waals surface area contributed by atoms with Crippen LogP contribution in [0.2, 0.25) is 0 Å². The van der Waals surface area contributed by atoms with E-state index < -0.39 is 0 Å². The molecular weight excluding hydrogens is 188 g/mol. The average molecular weight is 206 g/mol. The molecular formula is C12H18N2O. The van der Waals surface area contributed by atoms with Crippen LogP contribution in [0.25, 0.3) is 0 Å². The van der Waals surface area contributed by atoms with Gasteiger partial charge >= 0.3 is 0 Å². The number of hydrogen-bond donors (Lipinski definition) is 1. The van der Waals surface area contributed by atoms with E-state index >= 15 is 0 Å². The first-order chi connectivity index (χ1) is 7.08. The molecule has 15 heavy (non-hydrogen) atoms. The predicted molar refractivity (Wildman–Crippen MR) is 60.4 cm³/mol. The minimum absolute atomic E-state index is 0.0291.